The fourth-order valence-corrected chi connectivity index (χ4v) is 3.31. The van der Waals surface area contributed by atoms with Gasteiger partial charge in [-0.3, -0.25) is 0 Å². The van der Waals surface area contributed by atoms with Crippen molar-refractivity contribution in [3.63, 3.8) is 0 Å². The molecule has 0 heterocycles. The quantitative estimate of drug-likeness (QED) is 0.415. The van der Waals surface area contributed by atoms with Crippen molar-refractivity contribution in [1.82, 2.24) is 4.90 Å². The van der Waals surface area contributed by atoms with Gasteiger partial charge < -0.3 is 19.8 Å². The Bertz CT molecular complexity index is 414. The standard InChI is InChI=1S/C20H44N2O3Si/c1-10-11-13-17(21)16-22(18(23)25-19(2,3)4)14-12-15-24-26(8,9)20(5,6)7/h17H,10-16,21H2,1-9H3. The summed E-state index contributed by atoms with van der Waals surface area (Å²) >= 11 is 0. The Morgan fingerprint density at radius 3 is 2.15 bits per heavy atom. The van der Waals surface area contributed by atoms with Crippen LogP contribution < -0.4 is 5.73 Å². The van der Waals surface area contributed by atoms with Crippen LogP contribution in [-0.2, 0) is 9.16 Å². The van der Waals surface area contributed by atoms with Crippen molar-refractivity contribution in [2.24, 2.45) is 5.73 Å². The van der Waals surface area contributed by atoms with Crippen molar-refractivity contribution in [1.29, 1.82) is 0 Å². The predicted octanol–water partition coefficient (Wildman–Crippen LogP) is 5.15. The Balaban J connectivity index is 4.68. The number of carbonyl (C=O) groups is 1. The first kappa shape index (κ1) is 25.4. The van der Waals surface area contributed by atoms with Gasteiger partial charge in [-0.15, -0.1) is 0 Å². The predicted molar refractivity (Wildman–Crippen MR) is 113 cm³/mol. The molecule has 0 aromatic carbocycles. The molecule has 0 saturated heterocycles. The number of unbranched alkanes of at least 4 members (excludes halogenated alkanes) is 1. The third-order valence-electron chi connectivity index (χ3n) is 4.88. The van der Waals surface area contributed by atoms with Gasteiger partial charge in [0.25, 0.3) is 0 Å². The summed E-state index contributed by atoms with van der Waals surface area (Å²) < 4.78 is 11.8. The molecule has 26 heavy (non-hydrogen) atoms. The van der Waals surface area contributed by atoms with Crippen LogP contribution in [0.2, 0.25) is 18.1 Å². The van der Waals surface area contributed by atoms with Crippen LogP contribution in [0, 0.1) is 0 Å². The molecule has 0 fully saturated rings. The summed E-state index contributed by atoms with van der Waals surface area (Å²) in [6.07, 6.45) is 3.64. The summed E-state index contributed by atoms with van der Waals surface area (Å²) in [4.78, 5) is 14.3. The average Bonchev–Trinajstić information content (AvgIpc) is 2.45. The highest BCUT2D eigenvalue weighted by Crippen LogP contribution is 2.36. The lowest BCUT2D eigenvalue weighted by Crippen LogP contribution is -2.45. The lowest BCUT2D eigenvalue weighted by atomic mass is 10.1. The highest BCUT2D eigenvalue weighted by Gasteiger charge is 2.36. The molecule has 0 saturated carbocycles. The van der Waals surface area contributed by atoms with Crippen LogP contribution in [0.25, 0.3) is 0 Å². The lowest BCUT2D eigenvalue weighted by Gasteiger charge is -2.36. The third-order valence-corrected chi connectivity index (χ3v) is 9.41. The van der Waals surface area contributed by atoms with E-state index in [-0.39, 0.29) is 17.2 Å². The fourth-order valence-electron chi connectivity index (χ4n) is 2.22. The molecule has 0 aliphatic heterocycles. The van der Waals surface area contributed by atoms with E-state index in [0.29, 0.717) is 19.7 Å². The molecular weight excluding hydrogens is 344 g/mol. The highest BCUT2D eigenvalue weighted by molar-refractivity contribution is 6.74. The normalized spacial score (nSPS) is 14.2. The maximum Gasteiger partial charge on any atom is 0.410 e. The topological polar surface area (TPSA) is 64.8 Å². The van der Waals surface area contributed by atoms with Crippen LogP contribution in [-0.4, -0.2) is 50.6 Å². The molecule has 0 aromatic heterocycles. The molecule has 1 amide bonds. The minimum Gasteiger partial charge on any atom is -0.444 e. The monoisotopic (exact) mass is 388 g/mol. The van der Waals surface area contributed by atoms with E-state index in [2.05, 4.69) is 40.8 Å². The Labute approximate surface area is 163 Å². The second-order valence-electron chi connectivity index (χ2n) is 9.79. The fraction of sp³-hybridized carbons (Fsp3) is 0.950. The molecule has 0 spiro atoms. The summed E-state index contributed by atoms with van der Waals surface area (Å²) in [5.41, 5.74) is 5.72. The van der Waals surface area contributed by atoms with Crippen molar-refractivity contribution >= 4 is 14.4 Å². The van der Waals surface area contributed by atoms with Gasteiger partial charge in [-0.05, 0) is 51.7 Å². The first-order valence-corrected chi connectivity index (χ1v) is 13.0. The van der Waals surface area contributed by atoms with Crippen LogP contribution >= 0.6 is 0 Å². The van der Waals surface area contributed by atoms with E-state index in [1.54, 1.807) is 4.90 Å². The van der Waals surface area contributed by atoms with Gasteiger partial charge >= 0.3 is 6.09 Å². The maximum absolute atomic E-state index is 12.5. The van der Waals surface area contributed by atoms with Crippen LogP contribution in [0.4, 0.5) is 4.79 Å². The maximum atomic E-state index is 12.5. The van der Waals surface area contributed by atoms with Gasteiger partial charge in [0.1, 0.15) is 5.60 Å². The molecule has 0 aromatic rings. The molecule has 1 atom stereocenters. The van der Waals surface area contributed by atoms with Gasteiger partial charge in [0.2, 0.25) is 0 Å². The van der Waals surface area contributed by atoms with E-state index in [1.807, 2.05) is 20.8 Å². The smallest absolute Gasteiger partial charge is 0.410 e. The van der Waals surface area contributed by atoms with E-state index < -0.39 is 13.9 Å². The van der Waals surface area contributed by atoms with E-state index >= 15 is 0 Å². The number of carbonyl (C=O) groups excluding carboxylic acids is 1. The second-order valence-corrected chi connectivity index (χ2v) is 14.6. The molecule has 6 heteroatoms. The Hall–Kier alpha value is -0.593. The molecule has 0 aliphatic rings. The largest absolute Gasteiger partial charge is 0.444 e. The first-order chi connectivity index (χ1) is 11.7. The molecule has 1 unspecified atom stereocenters. The zero-order valence-corrected chi connectivity index (χ0v) is 19.8. The Kier molecular flexibility index (Phi) is 10.4. The summed E-state index contributed by atoms with van der Waals surface area (Å²) in [6.45, 7) is 20.8. The third kappa shape index (κ3) is 10.5. The molecule has 0 bridgehead atoms. The van der Waals surface area contributed by atoms with Gasteiger partial charge in [-0.2, -0.15) is 0 Å². The Morgan fingerprint density at radius 1 is 1.12 bits per heavy atom. The van der Waals surface area contributed by atoms with Gasteiger partial charge in [-0.1, -0.05) is 40.5 Å². The summed E-state index contributed by atoms with van der Waals surface area (Å²) in [7, 11) is -1.75. The van der Waals surface area contributed by atoms with E-state index in [9.17, 15) is 4.79 Å². The molecule has 0 radical (unpaired) electrons. The van der Waals surface area contributed by atoms with Gasteiger partial charge in [0.05, 0.1) is 0 Å². The van der Waals surface area contributed by atoms with Crippen LogP contribution in [0.1, 0.15) is 74.1 Å². The van der Waals surface area contributed by atoms with Crippen molar-refractivity contribution < 1.29 is 14.0 Å². The summed E-state index contributed by atoms with van der Waals surface area (Å²) in [6, 6.07) is -0.0104. The van der Waals surface area contributed by atoms with E-state index in [0.717, 1.165) is 25.7 Å². The van der Waals surface area contributed by atoms with Gasteiger partial charge in [0.15, 0.2) is 8.32 Å². The SMILES string of the molecule is CCCCC(N)CN(CCCO[Si](C)(C)C(C)(C)C)C(=O)OC(C)(C)C. The number of hydrogen-bond acceptors (Lipinski definition) is 4. The van der Waals surface area contributed by atoms with Crippen LogP contribution in [0.5, 0.6) is 0 Å². The molecule has 2 N–H and O–H groups in total. The molecular formula is C20H44N2O3Si. The zero-order valence-electron chi connectivity index (χ0n) is 18.8. The number of nitrogens with zero attached hydrogens (tertiary/aromatic N) is 1. The molecule has 5 nitrogen and oxygen atoms in total. The molecule has 0 aliphatic carbocycles. The zero-order chi connectivity index (χ0) is 20.6. The van der Waals surface area contributed by atoms with Crippen molar-refractivity contribution in [2.45, 2.75) is 104 Å². The van der Waals surface area contributed by atoms with Crippen LogP contribution in [0.3, 0.4) is 0 Å². The lowest BCUT2D eigenvalue weighted by molar-refractivity contribution is 0.0228. The van der Waals surface area contributed by atoms with E-state index in [1.165, 1.54) is 0 Å². The van der Waals surface area contributed by atoms with Gasteiger partial charge in [-0.25, -0.2) is 4.79 Å². The number of rotatable bonds is 10. The number of nitrogens with two attached hydrogens (primary N) is 1. The highest BCUT2D eigenvalue weighted by atomic mass is 28.4. The van der Waals surface area contributed by atoms with Crippen molar-refractivity contribution in [3.05, 3.63) is 0 Å². The Morgan fingerprint density at radius 2 is 1.69 bits per heavy atom. The number of amides is 1. The first-order valence-electron chi connectivity index (χ1n) is 10.1. The minimum atomic E-state index is -1.75. The van der Waals surface area contributed by atoms with E-state index in [4.69, 9.17) is 14.9 Å². The van der Waals surface area contributed by atoms with Gasteiger partial charge in [0, 0.05) is 25.7 Å². The number of hydrogen-bond donors (Lipinski definition) is 1. The minimum absolute atomic E-state index is 0.0104. The molecule has 0 rings (SSSR count). The van der Waals surface area contributed by atoms with Crippen molar-refractivity contribution in [2.75, 3.05) is 19.7 Å². The molecule has 156 valence electrons. The van der Waals surface area contributed by atoms with Crippen molar-refractivity contribution in [3.8, 4) is 0 Å². The van der Waals surface area contributed by atoms with Crippen LogP contribution in [0.15, 0.2) is 0 Å². The number of ether oxygens (including phenoxy) is 1. The summed E-state index contributed by atoms with van der Waals surface area (Å²) in [5, 5.41) is 0.195. The summed E-state index contributed by atoms with van der Waals surface area (Å²) in [5.74, 6) is 0. The average molecular weight is 389 g/mol. The second kappa shape index (κ2) is 10.7.